The molecule has 21 heavy (non-hydrogen) atoms. The molecule has 2 unspecified atom stereocenters. The molecule has 3 nitrogen and oxygen atoms in total. The van der Waals surface area contributed by atoms with Gasteiger partial charge in [0.1, 0.15) is 5.54 Å². The van der Waals surface area contributed by atoms with Gasteiger partial charge in [0.2, 0.25) is 0 Å². The minimum atomic E-state index is -0.946. The van der Waals surface area contributed by atoms with Crippen molar-refractivity contribution in [2.24, 2.45) is 5.73 Å². The van der Waals surface area contributed by atoms with E-state index >= 15 is 0 Å². The van der Waals surface area contributed by atoms with Gasteiger partial charge >= 0.3 is 5.97 Å². The molecule has 2 atom stereocenters. The molecule has 0 heterocycles. The number of hydrogen-bond acceptors (Lipinski definition) is 4. The predicted molar refractivity (Wildman–Crippen MR) is 88.5 cm³/mol. The van der Waals surface area contributed by atoms with Crippen molar-refractivity contribution in [1.29, 1.82) is 0 Å². The molecule has 0 saturated carbocycles. The Morgan fingerprint density at radius 2 is 1.95 bits per heavy atom. The van der Waals surface area contributed by atoms with E-state index in [1.54, 1.807) is 18.7 Å². The van der Waals surface area contributed by atoms with Crippen LogP contribution in [-0.4, -0.2) is 23.9 Å². The lowest BCUT2D eigenvalue weighted by Gasteiger charge is -2.24. The van der Waals surface area contributed by atoms with Crippen LogP contribution >= 0.6 is 11.8 Å². The van der Waals surface area contributed by atoms with Gasteiger partial charge in [0.15, 0.2) is 0 Å². The molecule has 0 aliphatic carbocycles. The summed E-state index contributed by atoms with van der Waals surface area (Å²) in [6, 6.07) is 14.7. The average Bonchev–Trinajstić information content (AvgIpc) is 2.45. The Bertz CT molecular complexity index is 639. The highest BCUT2D eigenvalue weighted by Gasteiger charge is 2.31. The van der Waals surface area contributed by atoms with Crippen molar-refractivity contribution in [2.45, 2.75) is 36.0 Å². The zero-order chi connectivity index (χ0) is 15.5. The van der Waals surface area contributed by atoms with Crippen LogP contribution in [0.15, 0.2) is 47.4 Å². The first-order valence-electron chi connectivity index (χ1n) is 6.95. The number of nitrogens with two attached hydrogens (primary N) is 1. The van der Waals surface area contributed by atoms with Gasteiger partial charge in [-0.1, -0.05) is 37.3 Å². The van der Waals surface area contributed by atoms with E-state index in [-0.39, 0.29) is 11.2 Å². The number of thioether (sulfide) groups is 1. The molecule has 0 aliphatic heterocycles. The number of rotatable bonds is 5. The second-order valence-corrected chi connectivity index (χ2v) is 7.06. The van der Waals surface area contributed by atoms with Gasteiger partial charge < -0.3 is 10.5 Å². The van der Waals surface area contributed by atoms with Crippen molar-refractivity contribution < 1.29 is 9.53 Å². The second-order valence-electron chi connectivity index (χ2n) is 5.55. The number of carbonyl (C=O) groups is 1. The van der Waals surface area contributed by atoms with Gasteiger partial charge in [-0.25, -0.2) is 0 Å². The number of ether oxygens (including phenoxy) is 1. The minimum absolute atomic E-state index is 0.222. The highest BCUT2D eigenvalue weighted by molar-refractivity contribution is 8.00. The number of hydrogen-bond donors (Lipinski definition) is 1. The summed E-state index contributed by atoms with van der Waals surface area (Å²) in [5.41, 5.74) is 5.08. The summed E-state index contributed by atoms with van der Waals surface area (Å²) in [6.45, 7) is 3.80. The van der Waals surface area contributed by atoms with Crippen LogP contribution < -0.4 is 5.73 Å². The van der Waals surface area contributed by atoms with Crippen molar-refractivity contribution in [3.63, 3.8) is 0 Å². The van der Waals surface area contributed by atoms with Crippen LogP contribution in [0.5, 0.6) is 0 Å². The molecule has 4 heteroatoms. The Labute approximate surface area is 129 Å². The lowest BCUT2D eigenvalue weighted by molar-refractivity contribution is -0.146. The summed E-state index contributed by atoms with van der Waals surface area (Å²) in [7, 11) is 1.37. The maximum absolute atomic E-state index is 11.6. The molecule has 0 spiro atoms. The third-order valence-electron chi connectivity index (χ3n) is 3.42. The molecule has 2 aromatic carbocycles. The maximum atomic E-state index is 11.6. The lowest BCUT2D eigenvalue weighted by atomic mass is 9.98. The van der Waals surface area contributed by atoms with Gasteiger partial charge in [0.05, 0.1) is 7.11 Å². The quantitative estimate of drug-likeness (QED) is 0.677. The van der Waals surface area contributed by atoms with E-state index in [9.17, 15) is 4.79 Å². The number of carbonyl (C=O) groups excluding carboxylic acids is 1. The van der Waals surface area contributed by atoms with Gasteiger partial charge in [0, 0.05) is 10.1 Å². The summed E-state index contributed by atoms with van der Waals surface area (Å²) in [4.78, 5) is 12.8. The molecule has 2 aromatic rings. The van der Waals surface area contributed by atoms with Crippen LogP contribution in [-0.2, 0) is 9.53 Å². The number of methoxy groups -OCH3 is 1. The first-order valence-corrected chi connectivity index (χ1v) is 7.83. The van der Waals surface area contributed by atoms with Crippen molar-refractivity contribution in [3.8, 4) is 0 Å². The number of benzene rings is 2. The Balaban J connectivity index is 2.07. The van der Waals surface area contributed by atoms with E-state index in [1.165, 1.54) is 22.8 Å². The largest absolute Gasteiger partial charge is 0.468 e. The smallest absolute Gasteiger partial charge is 0.325 e. The zero-order valence-corrected chi connectivity index (χ0v) is 13.4. The Kier molecular flexibility index (Phi) is 4.91. The maximum Gasteiger partial charge on any atom is 0.325 e. The SMILES string of the molecule is COC(=O)C(C)(N)CC(C)Sc1ccc2ccccc2c1. The number of esters is 1. The summed E-state index contributed by atoms with van der Waals surface area (Å²) >= 11 is 1.73. The van der Waals surface area contributed by atoms with Crippen molar-refractivity contribution in [3.05, 3.63) is 42.5 Å². The molecule has 0 bridgehead atoms. The van der Waals surface area contributed by atoms with Crippen LogP contribution in [0.1, 0.15) is 20.3 Å². The van der Waals surface area contributed by atoms with E-state index in [0.717, 1.165) is 0 Å². The second kappa shape index (κ2) is 6.50. The van der Waals surface area contributed by atoms with Crippen LogP contribution in [0.25, 0.3) is 10.8 Å². The fraction of sp³-hybridized carbons (Fsp3) is 0.353. The normalized spacial score (nSPS) is 15.4. The van der Waals surface area contributed by atoms with Crippen LogP contribution in [0.2, 0.25) is 0 Å². The molecule has 0 aliphatic rings. The predicted octanol–water partition coefficient (Wildman–Crippen LogP) is 3.60. The first-order chi connectivity index (χ1) is 9.92. The molecular formula is C17H21NO2S. The van der Waals surface area contributed by atoms with Crippen LogP contribution in [0.3, 0.4) is 0 Å². The third-order valence-corrected chi connectivity index (χ3v) is 4.52. The van der Waals surface area contributed by atoms with Gasteiger partial charge in [-0.15, -0.1) is 11.8 Å². The first kappa shape index (κ1) is 15.9. The Hall–Kier alpha value is -1.52. The molecule has 0 amide bonds. The van der Waals surface area contributed by atoms with Crippen molar-refractivity contribution >= 4 is 28.5 Å². The molecular weight excluding hydrogens is 282 g/mol. The highest BCUT2D eigenvalue weighted by Crippen LogP contribution is 2.30. The van der Waals surface area contributed by atoms with E-state index in [2.05, 4.69) is 37.3 Å². The summed E-state index contributed by atoms with van der Waals surface area (Å²) in [6.07, 6.45) is 0.567. The van der Waals surface area contributed by atoms with E-state index in [0.29, 0.717) is 6.42 Å². The van der Waals surface area contributed by atoms with Crippen molar-refractivity contribution in [2.75, 3.05) is 7.11 Å². The van der Waals surface area contributed by atoms with Gasteiger partial charge in [0.25, 0.3) is 0 Å². The number of fused-ring (bicyclic) bond motifs is 1. The topological polar surface area (TPSA) is 52.3 Å². The molecule has 112 valence electrons. The molecule has 0 saturated heterocycles. The van der Waals surface area contributed by atoms with Crippen LogP contribution in [0.4, 0.5) is 0 Å². The summed E-state index contributed by atoms with van der Waals surface area (Å²) in [5, 5.41) is 2.67. The standard InChI is InChI=1S/C17H21NO2S/c1-12(11-17(2,18)16(19)20-3)21-15-9-8-13-6-4-5-7-14(13)10-15/h4-10,12H,11,18H2,1-3H3. The molecule has 0 radical (unpaired) electrons. The molecule has 2 rings (SSSR count). The third kappa shape index (κ3) is 3.99. The van der Waals surface area contributed by atoms with E-state index in [1.807, 2.05) is 12.1 Å². The van der Waals surface area contributed by atoms with E-state index in [4.69, 9.17) is 10.5 Å². The molecule has 0 fully saturated rings. The van der Waals surface area contributed by atoms with Gasteiger partial charge in [-0.3, -0.25) is 4.79 Å². The fourth-order valence-corrected chi connectivity index (χ4v) is 3.66. The summed E-state index contributed by atoms with van der Waals surface area (Å²) in [5.74, 6) is -0.367. The summed E-state index contributed by atoms with van der Waals surface area (Å²) < 4.78 is 4.75. The lowest BCUT2D eigenvalue weighted by Crippen LogP contribution is -2.47. The highest BCUT2D eigenvalue weighted by atomic mass is 32.2. The minimum Gasteiger partial charge on any atom is -0.468 e. The van der Waals surface area contributed by atoms with Crippen LogP contribution in [0, 0.1) is 0 Å². The van der Waals surface area contributed by atoms with Gasteiger partial charge in [-0.2, -0.15) is 0 Å². The van der Waals surface area contributed by atoms with Gasteiger partial charge in [-0.05, 0) is 36.2 Å². The van der Waals surface area contributed by atoms with Crippen molar-refractivity contribution in [1.82, 2.24) is 0 Å². The van der Waals surface area contributed by atoms with E-state index < -0.39 is 5.54 Å². The fourth-order valence-electron chi connectivity index (χ4n) is 2.43. The Morgan fingerprint density at radius 1 is 1.29 bits per heavy atom. The molecule has 0 aromatic heterocycles. The average molecular weight is 303 g/mol. The zero-order valence-electron chi connectivity index (χ0n) is 12.6. The monoisotopic (exact) mass is 303 g/mol. The molecule has 2 N–H and O–H groups in total. The Morgan fingerprint density at radius 3 is 2.62 bits per heavy atom.